The molecule has 0 unspecified atom stereocenters. The number of methoxy groups -OCH3 is 2. The molecule has 3 aromatic carbocycles. The second-order valence-corrected chi connectivity index (χ2v) is 7.28. The topological polar surface area (TPSA) is 86.5 Å². The predicted octanol–water partition coefficient (Wildman–Crippen LogP) is 4.93. The number of ether oxygens (including phenoxy) is 2. The summed E-state index contributed by atoms with van der Waals surface area (Å²) in [6.07, 6.45) is 0. The van der Waals surface area contributed by atoms with Crippen molar-refractivity contribution in [1.29, 1.82) is 0 Å². The maximum atomic E-state index is 13.1. The predicted molar refractivity (Wildman–Crippen MR) is 120 cm³/mol. The number of nitrogens with zero attached hydrogens (tertiary/aromatic N) is 2. The van der Waals surface area contributed by atoms with Crippen molar-refractivity contribution in [2.24, 2.45) is 0 Å². The molecule has 0 radical (unpaired) electrons. The van der Waals surface area contributed by atoms with Crippen LogP contribution < -0.4 is 14.8 Å². The Hall–Kier alpha value is -3.84. The molecule has 1 atom stereocenters. The highest BCUT2D eigenvalue weighted by atomic mass is 35.5. The van der Waals surface area contributed by atoms with E-state index in [4.69, 9.17) is 25.5 Å². The van der Waals surface area contributed by atoms with Crippen LogP contribution in [0.15, 0.2) is 77.2 Å². The SMILES string of the molecule is COc1ccc(C(=O)N[C@H](c2ccccc2)c2nnc(-c3ccc(Cl)cc3)o2)cc1OC. The van der Waals surface area contributed by atoms with E-state index in [0.29, 0.717) is 28.0 Å². The Kier molecular flexibility index (Phi) is 6.37. The zero-order valence-corrected chi connectivity index (χ0v) is 18.2. The Bertz CT molecular complexity index is 1210. The smallest absolute Gasteiger partial charge is 0.252 e. The van der Waals surface area contributed by atoms with Gasteiger partial charge in [0.25, 0.3) is 5.91 Å². The van der Waals surface area contributed by atoms with Crippen LogP contribution in [-0.4, -0.2) is 30.3 Å². The van der Waals surface area contributed by atoms with Crippen LogP contribution in [0.1, 0.15) is 27.9 Å². The summed E-state index contributed by atoms with van der Waals surface area (Å²) in [5, 5.41) is 11.9. The summed E-state index contributed by atoms with van der Waals surface area (Å²) in [4.78, 5) is 13.1. The molecule has 4 aromatic rings. The number of hydrogen-bond acceptors (Lipinski definition) is 6. The molecule has 8 heteroatoms. The molecule has 1 N–H and O–H groups in total. The van der Waals surface area contributed by atoms with Crippen LogP contribution in [0.5, 0.6) is 11.5 Å². The van der Waals surface area contributed by atoms with Gasteiger partial charge >= 0.3 is 0 Å². The molecule has 162 valence electrons. The lowest BCUT2D eigenvalue weighted by atomic mass is 10.1. The third-order valence-corrected chi connectivity index (χ3v) is 5.08. The number of nitrogens with one attached hydrogen (secondary N) is 1. The van der Waals surface area contributed by atoms with E-state index in [1.54, 1.807) is 42.5 Å². The zero-order chi connectivity index (χ0) is 22.5. The second-order valence-electron chi connectivity index (χ2n) is 6.84. The number of hydrogen-bond donors (Lipinski definition) is 1. The summed E-state index contributed by atoms with van der Waals surface area (Å²) in [6, 6.07) is 20.8. The Morgan fingerprint density at radius 1 is 0.938 bits per heavy atom. The summed E-state index contributed by atoms with van der Waals surface area (Å²) in [5.41, 5.74) is 1.93. The van der Waals surface area contributed by atoms with E-state index in [2.05, 4.69) is 15.5 Å². The lowest BCUT2D eigenvalue weighted by Gasteiger charge is -2.16. The van der Waals surface area contributed by atoms with E-state index in [9.17, 15) is 4.79 Å². The quantitative estimate of drug-likeness (QED) is 0.430. The fraction of sp³-hybridized carbons (Fsp3) is 0.125. The van der Waals surface area contributed by atoms with Crippen molar-refractivity contribution < 1.29 is 18.7 Å². The summed E-state index contributed by atoms with van der Waals surface area (Å²) in [5.74, 6) is 1.26. The maximum Gasteiger partial charge on any atom is 0.252 e. The van der Waals surface area contributed by atoms with Gasteiger partial charge in [-0.05, 0) is 48.0 Å². The average Bonchev–Trinajstić information content (AvgIpc) is 3.32. The highest BCUT2D eigenvalue weighted by molar-refractivity contribution is 6.30. The van der Waals surface area contributed by atoms with Crippen molar-refractivity contribution in [3.8, 4) is 23.0 Å². The third-order valence-electron chi connectivity index (χ3n) is 4.83. The van der Waals surface area contributed by atoms with Crippen LogP contribution in [0.3, 0.4) is 0 Å². The first-order chi connectivity index (χ1) is 15.6. The zero-order valence-electron chi connectivity index (χ0n) is 17.4. The first kappa shape index (κ1) is 21.4. The van der Waals surface area contributed by atoms with Crippen molar-refractivity contribution in [1.82, 2.24) is 15.5 Å². The second kappa shape index (κ2) is 9.53. The molecule has 0 fully saturated rings. The fourth-order valence-electron chi connectivity index (χ4n) is 3.19. The fourth-order valence-corrected chi connectivity index (χ4v) is 3.31. The van der Waals surface area contributed by atoms with E-state index < -0.39 is 6.04 Å². The van der Waals surface area contributed by atoms with Gasteiger partial charge in [0.2, 0.25) is 11.8 Å². The number of rotatable bonds is 7. The molecule has 0 bridgehead atoms. The number of amides is 1. The average molecular weight is 450 g/mol. The summed E-state index contributed by atoms with van der Waals surface area (Å²) < 4.78 is 16.5. The van der Waals surface area contributed by atoms with Crippen molar-refractivity contribution in [2.75, 3.05) is 14.2 Å². The summed E-state index contributed by atoms with van der Waals surface area (Å²) in [7, 11) is 3.06. The number of aromatic nitrogens is 2. The number of carbonyl (C=O) groups excluding carboxylic acids is 1. The van der Waals surface area contributed by atoms with Gasteiger partial charge in [-0.15, -0.1) is 10.2 Å². The van der Waals surface area contributed by atoms with Gasteiger partial charge in [0, 0.05) is 16.1 Å². The van der Waals surface area contributed by atoms with Gasteiger partial charge < -0.3 is 19.2 Å². The summed E-state index contributed by atoms with van der Waals surface area (Å²) >= 11 is 5.96. The van der Waals surface area contributed by atoms with Gasteiger partial charge in [0.15, 0.2) is 11.5 Å². The molecule has 0 spiro atoms. The molecule has 0 saturated carbocycles. The summed E-state index contributed by atoms with van der Waals surface area (Å²) in [6.45, 7) is 0. The number of benzene rings is 3. The van der Waals surface area contributed by atoms with E-state index in [0.717, 1.165) is 11.1 Å². The minimum absolute atomic E-state index is 0.259. The molecule has 1 heterocycles. The molecule has 1 aromatic heterocycles. The number of halogens is 1. The van der Waals surface area contributed by atoms with Gasteiger partial charge in [-0.1, -0.05) is 41.9 Å². The lowest BCUT2D eigenvalue weighted by Crippen LogP contribution is -2.29. The van der Waals surface area contributed by atoms with Crippen molar-refractivity contribution in [3.05, 3.63) is 94.8 Å². The largest absolute Gasteiger partial charge is 0.493 e. The van der Waals surface area contributed by atoms with Crippen LogP contribution in [0.4, 0.5) is 0 Å². The molecule has 7 nitrogen and oxygen atoms in total. The van der Waals surface area contributed by atoms with Crippen molar-refractivity contribution in [3.63, 3.8) is 0 Å². The first-order valence-corrected chi connectivity index (χ1v) is 10.1. The van der Waals surface area contributed by atoms with Gasteiger partial charge in [0.1, 0.15) is 6.04 Å². The molecule has 1 amide bonds. The van der Waals surface area contributed by atoms with Crippen LogP contribution in [0.2, 0.25) is 5.02 Å². The third kappa shape index (κ3) is 4.58. The Balaban J connectivity index is 1.65. The molecular formula is C24H20ClN3O4. The van der Waals surface area contributed by atoms with E-state index in [-0.39, 0.29) is 11.8 Å². The van der Waals surface area contributed by atoms with Crippen LogP contribution in [0.25, 0.3) is 11.5 Å². The first-order valence-electron chi connectivity index (χ1n) is 9.76. The number of carbonyl (C=O) groups is 1. The monoisotopic (exact) mass is 449 g/mol. The molecule has 32 heavy (non-hydrogen) atoms. The minimum Gasteiger partial charge on any atom is -0.493 e. The highest BCUT2D eigenvalue weighted by Crippen LogP contribution is 2.29. The van der Waals surface area contributed by atoms with Gasteiger partial charge in [0.05, 0.1) is 14.2 Å². The molecule has 4 rings (SSSR count). The molecule has 0 aliphatic carbocycles. The van der Waals surface area contributed by atoms with E-state index >= 15 is 0 Å². The van der Waals surface area contributed by atoms with Crippen LogP contribution >= 0.6 is 11.6 Å². The highest BCUT2D eigenvalue weighted by Gasteiger charge is 2.24. The van der Waals surface area contributed by atoms with Crippen molar-refractivity contribution >= 4 is 17.5 Å². The van der Waals surface area contributed by atoms with E-state index in [1.807, 2.05) is 30.3 Å². The standard InChI is InChI=1S/C24H20ClN3O4/c1-30-19-13-10-17(14-20(19)31-2)22(29)26-21(15-6-4-3-5-7-15)24-28-27-23(32-24)16-8-11-18(25)12-9-16/h3-14,21H,1-2H3,(H,26,29)/t21-/m1/s1. The maximum absolute atomic E-state index is 13.1. The van der Waals surface area contributed by atoms with E-state index in [1.165, 1.54) is 14.2 Å². The van der Waals surface area contributed by atoms with Crippen LogP contribution in [0, 0.1) is 0 Å². The Morgan fingerprint density at radius 2 is 1.66 bits per heavy atom. The molecule has 0 saturated heterocycles. The van der Waals surface area contributed by atoms with Gasteiger partial charge in [-0.3, -0.25) is 4.79 Å². The Morgan fingerprint density at radius 3 is 2.34 bits per heavy atom. The van der Waals surface area contributed by atoms with Crippen LogP contribution in [-0.2, 0) is 0 Å². The Labute approximate surface area is 190 Å². The van der Waals surface area contributed by atoms with Crippen molar-refractivity contribution in [2.45, 2.75) is 6.04 Å². The lowest BCUT2D eigenvalue weighted by molar-refractivity contribution is 0.0937. The molecule has 0 aliphatic rings. The van der Waals surface area contributed by atoms with Gasteiger partial charge in [-0.25, -0.2) is 0 Å². The molecular weight excluding hydrogens is 430 g/mol. The van der Waals surface area contributed by atoms with Gasteiger partial charge in [-0.2, -0.15) is 0 Å². The minimum atomic E-state index is -0.648. The molecule has 0 aliphatic heterocycles. The normalized spacial score (nSPS) is 11.6.